The van der Waals surface area contributed by atoms with Crippen LogP contribution in [0.4, 0.5) is 0 Å². The molecular weight excluding hydrogens is 320 g/mol. The van der Waals surface area contributed by atoms with Gasteiger partial charge in [0.1, 0.15) is 17.7 Å². The maximum absolute atomic E-state index is 12.3. The van der Waals surface area contributed by atoms with Crippen LogP contribution in [0.3, 0.4) is 0 Å². The Bertz CT molecular complexity index is 944. The van der Waals surface area contributed by atoms with Gasteiger partial charge in [-0.25, -0.2) is 4.68 Å². The standard InChI is InChI=1S/C14H14N4O4S/c1-9(4-5-10(2)23(20,21)22)18-14(19)13(11(3)17-18)6-12(7-15)8-16/h4-6,17H,1-3H3,(H,20,21,22)/b9-4+,10-5+. The second-order valence-corrected chi connectivity index (χ2v) is 6.23. The molecule has 9 heteroatoms. The van der Waals surface area contributed by atoms with Crippen molar-refractivity contribution in [1.82, 2.24) is 9.78 Å². The number of nitrogens with zero attached hydrogens (tertiary/aromatic N) is 3. The van der Waals surface area contributed by atoms with Crippen molar-refractivity contribution < 1.29 is 13.0 Å². The van der Waals surface area contributed by atoms with Gasteiger partial charge in [-0.3, -0.25) is 14.4 Å². The smallest absolute Gasteiger partial charge is 0.290 e. The molecule has 0 unspecified atom stereocenters. The highest BCUT2D eigenvalue weighted by Gasteiger charge is 2.11. The zero-order valence-corrected chi connectivity index (χ0v) is 13.5. The van der Waals surface area contributed by atoms with Crippen LogP contribution in [0.2, 0.25) is 0 Å². The zero-order chi connectivity index (χ0) is 17.8. The second kappa shape index (κ2) is 6.92. The average molecular weight is 334 g/mol. The summed E-state index contributed by atoms with van der Waals surface area (Å²) in [6, 6.07) is 3.34. The monoisotopic (exact) mass is 334 g/mol. The quantitative estimate of drug-likeness (QED) is 0.486. The van der Waals surface area contributed by atoms with Crippen molar-refractivity contribution in [2.45, 2.75) is 20.8 Å². The number of hydrogen-bond acceptors (Lipinski definition) is 5. The predicted molar refractivity (Wildman–Crippen MR) is 84.2 cm³/mol. The molecule has 0 saturated carbocycles. The van der Waals surface area contributed by atoms with Crippen LogP contribution in [0, 0.1) is 29.6 Å². The first-order valence-electron chi connectivity index (χ1n) is 6.28. The highest BCUT2D eigenvalue weighted by Crippen LogP contribution is 2.10. The molecule has 0 aliphatic carbocycles. The molecule has 0 aliphatic rings. The maximum Gasteiger partial charge on any atom is 0.290 e. The van der Waals surface area contributed by atoms with Gasteiger partial charge in [-0.15, -0.1) is 0 Å². The van der Waals surface area contributed by atoms with E-state index in [-0.39, 0.29) is 16.0 Å². The van der Waals surface area contributed by atoms with Gasteiger partial charge in [-0.05, 0) is 39.0 Å². The lowest BCUT2D eigenvalue weighted by Crippen LogP contribution is -2.16. The molecule has 8 nitrogen and oxygen atoms in total. The summed E-state index contributed by atoms with van der Waals surface area (Å²) < 4.78 is 31.8. The van der Waals surface area contributed by atoms with Crippen LogP contribution in [0.25, 0.3) is 11.8 Å². The highest BCUT2D eigenvalue weighted by atomic mass is 32.2. The van der Waals surface area contributed by atoms with Gasteiger partial charge in [0, 0.05) is 11.4 Å². The van der Waals surface area contributed by atoms with Crippen LogP contribution in [0.1, 0.15) is 25.1 Å². The summed E-state index contributed by atoms with van der Waals surface area (Å²) >= 11 is 0. The minimum absolute atomic E-state index is 0.159. The van der Waals surface area contributed by atoms with Crippen LogP contribution >= 0.6 is 0 Å². The number of aromatic nitrogens is 2. The molecule has 1 rings (SSSR count). The Morgan fingerprint density at radius 1 is 1.26 bits per heavy atom. The molecule has 23 heavy (non-hydrogen) atoms. The summed E-state index contributed by atoms with van der Waals surface area (Å²) in [6.45, 7) is 4.36. The highest BCUT2D eigenvalue weighted by molar-refractivity contribution is 7.89. The molecule has 0 radical (unpaired) electrons. The van der Waals surface area contributed by atoms with E-state index in [9.17, 15) is 13.2 Å². The molecule has 0 fully saturated rings. The number of hydrogen-bond donors (Lipinski definition) is 2. The number of nitriles is 2. The topological polar surface area (TPSA) is 140 Å². The lowest BCUT2D eigenvalue weighted by Gasteiger charge is -2.00. The van der Waals surface area contributed by atoms with Crippen molar-refractivity contribution in [1.29, 1.82) is 10.5 Å². The third kappa shape index (κ3) is 4.30. The summed E-state index contributed by atoms with van der Waals surface area (Å²) in [5, 5.41) is 20.3. The Labute approximate surface area is 133 Å². The van der Waals surface area contributed by atoms with Crippen molar-refractivity contribution in [2.75, 3.05) is 0 Å². The van der Waals surface area contributed by atoms with E-state index in [1.54, 1.807) is 26.0 Å². The summed E-state index contributed by atoms with van der Waals surface area (Å²) in [6.07, 6.45) is 3.67. The third-order valence-electron chi connectivity index (χ3n) is 2.97. The van der Waals surface area contributed by atoms with E-state index in [1.807, 2.05) is 0 Å². The van der Waals surface area contributed by atoms with Gasteiger partial charge in [0.05, 0.1) is 10.5 Å². The third-order valence-corrected chi connectivity index (χ3v) is 3.92. The van der Waals surface area contributed by atoms with Gasteiger partial charge in [-0.2, -0.15) is 18.9 Å². The predicted octanol–water partition coefficient (Wildman–Crippen LogP) is 1.57. The van der Waals surface area contributed by atoms with Crippen molar-refractivity contribution in [3.05, 3.63) is 44.2 Å². The fourth-order valence-corrected chi connectivity index (χ4v) is 1.85. The van der Waals surface area contributed by atoms with E-state index in [1.165, 1.54) is 19.1 Å². The molecule has 0 atom stereocenters. The van der Waals surface area contributed by atoms with Crippen molar-refractivity contribution in [3.63, 3.8) is 0 Å². The van der Waals surface area contributed by atoms with Crippen molar-refractivity contribution >= 4 is 21.9 Å². The second-order valence-electron chi connectivity index (χ2n) is 4.63. The van der Waals surface area contributed by atoms with Gasteiger partial charge in [0.15, 0.2) is 0 Å². The number of H-pyrrole nitrogens is 1. The molecule has 2 N–H and O–H groups in total. The Morgan fingerprint density at radius 3 is 2.30 bits per heavy atom. The number of allylic oxidation sites excluding steroid dienone is 5. The van der Waals surface area contributed by atoms with Crippen LogP contribution < -0.4 is 5.56 Å². The average Bonchev–Trinajstić information content (AvgIpc) is 2.76. The number of nitrogens with one attached hydrogen (secondary N) is 1. The van der Waals surface area contributed by atoms with E-state index >= 15 is 0 Å². The van der Waals surface area contributed by atoms with Crippen LogP contribution in [-0.2, 0) is 10.1 Å². The Hall–Kier alpha value is -2.88. The molecule has 0 aliphatic heterocycles. The normalized spacial score (nSPS) is 12.4. The fourth-order valence-electron chi connectivity index (χ4n) is 1.61. The number of rotatable bonds is 4. The SMILES string of the molecule is C/C(=C\C=C(/C)S(=O)(=O)O)n1[nH]c(C)c(C=C(C#N)C#N)c1=O. The largest absolute Gasteiger partial charge is 0.295 e. The first-order valence-corrected chi connectivity index (χ1v) is 7.72. The van der Waals surface area contributed by atoms with Crippen LogP contribution in [-0.4, -0.2) is 22.8 Å². The minimum Gasteiger partial charge on any atom is -0.295 e. The molecule has 1 aromatic rings. The lowest BCUT2D eigenvalue weighted by atomic mass is 10.2. The summed E-state index contributed by atoms with van der Waals surface area (Å²) in [5.41, 5.74) is 0.265. The van der Waals surface area contributed by atoms with Gasteiger partial charge >= 0.3 is 0 Å². The molecule has 1 heterocycles. The van der Waals surface area contributed by atoms with Crippen LogP contribution in [0.15, 0.2) is 27.4 Å². The Morgan fingerprint density at radius 2 is 1.83 bits per heavy atom. The van der Waals surface area contributed by atoms with Crippen molar-refractivity contribution in [3.8, 4) is 12.1 Å². The molecule has 120 valence electrons. The minimum atomic E-state index is -4.28. The Balaban J connectivity index is 3.39. The zero-order valence-electron chi connectivity index (χ0n) is 12.7. The van der Waals surface area contributed by atoms with E-state index in [2.05, 4.69) is 5.10 Å². The van der Waals surface area contributed by atoms with Crippen LogP contribution in [0.5, 0.6) is 0 Å². The summed E-state index contributed by atoms with van der Waals surface area (Å²) in [4.78, 5) is 12.0. The lowest BCUT2D eigenvalue weighted by molar-refractivity contribution is 0.491. The van der Waals surface area contributed by atoms with E-state index < -0.39 is 15.7 Å². The molecule has 0 spiro atoms. The van der Waals surface area contributed by atoms with E-state index in [0.717, 1.165) is 10.8 Å². The number of aromatic amines is 1. The van der Waals surface area contributed by atoms with E-state index in [4.69, 9.17) is 15.1 Å². The first kappa shape index (κ1) is 18.2. The first-order chi connectivity index (χ1) is 10.6. The molecule has 1 aromatic heterocycles. The molecule has 0 aromatic carbocycles. The molecule has 0 amide bonds. The fraction of sp³-hybridized carbons (Fsp3) is 0.214. The van der Waals surface area contributed by atoms with E-state index in [0.29, 0.717) is 11.4 Å². The van der Waals surface area contributed by atoms with Gasteiger partial charge in [0.2, 0.25) is 0 Å². The van der Waals surface area contributed by atoms with Crippen molar-refractivity contribution in [2.24, 2.45) is 0 Å². The Kier molecular flexibility index (Phi) is 5.47. The van der Waals surface area contributed by atoms with Gasteiger partial charge in [-0.1, -0.05) is 0 Å². The maximum atomic E-state index is 12.3. The summed E-state index contributed by atoms with van der Waals surface area (Å²) in [7, 11) is -4.28. The number of aryl methyl sites for hydroxylation is 1. The summed E-state index contributed by atoms with van der Waals surface area (Å²) in [5.74, 6) is 0. The molecular formula is C14H14N4O4S. The van der Waals surface area contributed by atoms with Gasteiger partial charge < -0.3 is 0 Å². The van der Waals surface area contributed by atoms with Gasteiger partial charge in [0.25, 0.3) is 15.7 Å². The molecule has 0 saturated heterocycles. The molecule has 0 bridgehead atoms.